The van der Waals surface area contributed by atoms with Crippen molar-refractivity contribution in [3.8, 4) is 0 Å². The van der Waals surface area contributed by atoms with E-state index in [9.17, 15) is 9.59 Å². The number of rotatable bonds is 5. The summed E-state index contributed by atoms with van der Waals surface area (Å²) in [5.41, 5.74) is 6.74. The van der Waals surface area contributed by atoms with Crippen LogP contribution < -0.4 is 11.1 Å². The number of halogens is 1. The van der Waals surface area contributed by atoms with Crippen molar-refractivity contribution >= 4 is 24.2 Å². The lowest BCUT2D eigenvalue weighted by Gasteiger charge is -2.36. The molecule has 5 nitrogen and oxygen atoms in total. The van der Waals surface area contributed by atoms with E-state index in [1.165, 1.54) is 6.92 Å². The van der Waals surface area contributed by atoms with Gasteiger partial charge < -0.3 is 16.0 Å². The molecule has 0 aromatic heterocycles. The lowest BCUT2D eigenvalue weighted by molar-refractivity contribution is -0.135. The van der Waals surface area contributed by atoms with Gasteiger partial charge in [-0.1, -0.05) is 30.3 Å². The summed E-state index contributed by atoms with van der Waals surface area (Å²) in [7, 11) is 0. The summed E-state index contributed by atoms with van der Waals surface area (Å²) in [6.07, 6.45) is 3.40. The molecular formula is C17H26ClN3O2. The molecule has 1 fully saturated rings. The lowest BCUT2D eigenvalue weighted by Crippen LogP contribution is -2.48. The second kappa shape index (κ2) is 9.53. The van der Waals surface area contributed by atoms with E-state index in [4.69, 9.17) is 5.73 Å². The van der Waals surface area contributed by atoms with Crippen LogP contribution in [0.25, 0.3) is 0 Å². The third-order valence-corrected chi connectivity index (χ3v) is 4.18. The van der Waals surface area contributed by atoms with Crippen LogP contribution in [0.4, 0.5) is 0 Å². The minimum atomic E-state index is -0.286. The van der Waals surface area contributed by atoms with Crippen LogP contribution in [0.2, 0.25) is 0 Å². The second-order valence-corrected chi connectivity index (χ2v) is 5.84. The zero-order valence-electron chi connectivity index (χ0n) is 13.5. The molecule has 6 heteroatoms. The molecule has 0 saturated carbocycles. The summed E-state index contributed by atoms with van der Waals surface area (Å²) in [5, 5.41) is 2.88. The van der Waals surface area contributed by atoms with Gasteiger partial charge in [-0.3, -0.25) is 9.59 Å². The fraction of sp³-hybridized carbons (Fsp3) is 0.529. The van der Waals surface area contributed by atoms with Crippen LogP contribution >= 0.6 is 12.4 Å². The largest absolute Gasteiger partial charge is 0.349 e. The number of amides is 2. The molecule has 128 valence electrons. The van der Waals surface area contributed by atoms with Crippen LogP contribution in [0, 0.1) is 0 Å². The highest BCUT2D eigenvalue weighted by molar-refractivity contribution is 5.85. The molecular weight excluding hydrogens is 314 g/mol. The number of hydrogen-bond donors (Lipinski definition) is 2. The van der Waals surface area contributed by atoms with E-state index in [1.807, 2.05) is 35.2 Å². The first-order chi connectivity index (χ1) is 10.6. The third-order valence-electron chi connectivity index (χ3n) is 4.18. The van der Waals surface area contributed by atoms with E-state index in [1.54, 1.807) is 0 Å². The monoisotopic (exact) mass is 339 g/mol. The average molecular weight is 340 g/mol. The highest BCUT2D eigenvalue weighted by Crippen LogP contribution is 2.22. The minimum Gasteiger partial charge on any atom is -0.349 e. The topological polar surface area (TPSA) is 75.4 Å². The molecule has 2 atom stereocenters. The van der Waals surface area contributed by atoms with Crippen molar-refractivity contribution in [1.29, 1.82) is 0 Å². The van der Waals surface area contributed by atoms with E-state index in [0.717, 1.165) is 31.4 Å². The molecule has 1 aliphatic rings. The van der Waals surface area contributed by atoms with Gasteiger partial charge in [-0.2, -0.15) is 0 Å². The second-order valence-electron chi connectivity index (χ2n) is 5.84. The maximum atomic E-state index is 12.7. The fourth-order valence-electron chi connectivity index (χ4n) is 3.05. The first-order valence-corrected chi connectivity index (χ1v) is 7.93. The normalized spacial score (nSPS) is 18.7. The number of likely N-dealkylation sites (tertiary alicyclic amines) is 1. The van der Waals surface area contributed by atoms with Crippen LogP contribution in [-0.4, -0.2) is 35.8 Å². The summed E-state index contributed by atoms with van der Waals surface area (Å²) >= 11 is 0. The summed E-state index contributed by atoms with van der Waals surface area (Å²) < 4.78 is 0. The van der Waals surface area contributed by atoms with Crippen LogP contribution in [-0.2, 0) is 9.59 Å². The zero-order valence-corrected chi connectivity index (χ0v) is 14.3. The number of nitrogens with two attached hydrogens (primary N) is 1. The SMILES string of the molecule is CC(=O)NC(CC(=O)N1CCCCC1CN)c1ccccc1.Cl. The Bertz CT molecular complexity index is 510. The van der Waals surface area contributed by atoms with Gasteiger partial charge in [0.05, 0.1) is 12.5 Å². The zero-order chi connectivity index (χ0) is 15.9. The number of piperidine rings is 1. The maximum absolute atomic E-state index is 12.7. The molecule has 0 radical (unpaired) electrons. The number of carbonyl (C=O) groups is 2. The van der Waals surface area contributed by atoms with Gasteiger partial charge in [0.15, 0.2) is 0 Å². The van der Waals surface area contributed by atoms with E-state index in [-0.39, 0.29) is 42.7 Å². The van der Waals surface area contributed by atoms with E-state index in [0.29, 0.717) is 6.54 Å². The maximum Gasteiger partial charge on any atom is 0.225 e. The van der Waals surface area contributed by atoms with E-state index < -0.39 is 0 Å². The lowest BCUT2D eigenvalue weighted by atomic mass is 9.99. The number of carbonyl (C=O) groups excluding carboxylic acids is 2. The highest BCUT2D eigenvalue weighted by Gasteiger charge is 2.28. The summed E-state index contributed by atoms with van der Waals surface area (Å²) in [5.74, 6) is -0.0616. The molecule has 3 N–H and O–H groups in total. The van der Waals surface area contributed by atoms with Gasteiger partial charge >= 0.3 is 0 Å². The van der Waals surface area contributed by atoms with Crippen molar-refractivity contribution in [3.63, 3.8) is 0 Å². The molecule has 2 unspecified atom stereocenters. The van der Waals surface area contributed by atoms with Gasteiger partial charge in [0.1, 0.15) is 0 Å². The Kier molecular flexibility index (Phi) is 8.06. The van der Waals surface area contributed by atoms with Gasteiger partial charge in [-0.25, -0.2) is 0 Å². The van der Waals surface area contributed by atoms with Gasteiger partial charge in [0, 0.05) is 26.1 Å². The molecule has 1 saturated heterocycles. The van der Waals surface area contributed by atoms with E-state index >= 15 is 0 Å². The molecule has 1 aromatic carbocycles. The number of benzene rings is 1. The molecule has 0 aliphatic carbocycles. The first-order valence-electron chi connectivity index (χ1n) is 7.93. The molecule has 1 aromatic rings. The van der Waals surface area contributed by atoms with Gasteiger partial charge in [-0.15, -0.1) is 12.4 Å². The molecule has 2 amide bonds. The van der Waals surface area contributed by atoms with Crippen molar-refractivity contribution in [2.45, 2.75) is 44.7 Å². The molecule has 23 heavy (non-hydrogen) atoms. The van der Waals surface area contributed by atoms with Crippen LogP contribution in [0.5, 0.6) is 0 Å². The van der Waals surface area contributed by atoms with Crippen molar-refractivity contribution in [1.82, 2.24) is 10.2 Å². The standard InChI is InChI=1S/C17H25N3O2.ClH/c1-13(21)19-16(14-7-3-2-4-8-14)11-17(22)20-10-6-5-9-15(20)12-18;/h2-4,7-8,15-16H,5-6,9-12,18H2,1H3,(H,19,21);1H. The van der Waals surface area contributed by atoms with Crippen LogP contribution in [0.3, 0.4) is 0 Å². The predicted molar refractivity (Wildman–Crippen MR) is 93.3 cm³/mol. The fourth-order valence-corrected chi connectivity index (χ4v) is 3.05. The third kappa shape index (κ3) is 5.52. The molecule has 1 aliphatic heterocycles. The molecule has 1 heterocycles. The Morgan fingerprint density at radius 1 is 1.30 bits per heavy atom. The van der Waals surface area contributed by atoms with Crippen molar-refractivity contribution < 1.29 is 9.59 Å². The Labute approximate surface area is 144 Å². The Hall–Kier alpha value is -1.59. The smallest absolute Gasteiger partial charge is 0.225 e. The quantitative estimate of drug-likeness (QED) is 0.861. The minimum absolute atomic E-state index is 0. The number of nitrogens with one attached hydrogen (secondary N) is 1. The molecule has 0 spiro atoms. The van der Waals surface area contributed by atoms with Gasteiger partial charge in [-0.05, 0) is 24.8 Å². The predicted octanol–water partition coefficient (Wildman–Crippen LogP) is 2.02. The molecule has 2 rings (SSSR count). The summed E-state index contributed by atoms with van der Waals surface area (Å²) in [6, 6.07) is 9.47. The van der Waals surface area contributed by atoms with Crippen LogP contribution in [0.1, 0.15) is 44.2 Å². The van der Waals surface area contributed by atoms with Gasteiger partial charge in [0.2, 0.25) is 11.8 Å². The molecule has 0 bridgehead atoms. The van der Waals surface area contributed by atoms with Crippen molar-refractivity contribution in [2.24, 2.45) is 5.73 Å². The summed E-state index contributed by atoms with van der Waals surface area (Å²) in [4.78, 5) is 26.0. The highest BCUT2D eigenvalue weighted by atomic mass is 35.5. The van der Waals surface area contributed by atoms with Crippen LogP contribution in [0.15, 0.2) is 30.3 Å². The van der Waals surface area contributed by atoms with Gasteiger partial charge in [0.25, 0.3) is 0 Å². The van der Waals surface area contributed by atoms with Crippen molar-refractivity contribution in [3.05, 3.63) is 35.9 Å². The van der Waals surface area contributed by atoms with E-state index in [2.05, 4.69) is 5.32 Å². The summed E-state index contributed by atoms with van der Waals surface area (Å²) in [6.45, 7) is 2.74. The average Bonchev–Trinajstić information content (AvgIpc) is 2.54. The first kappa shape index (κ1) is 19.5. The number of hydrogen-bond acceptors (Lipinski definition) is 3. The Morgan fingerprint density at radius 3 is 2.61 bits per heavy atom. The number of nitrogens with zero attached hydrogens (tertiary/aromatic N) is 1. The Balaban J connectivity index is 0.00000264. The Morgan fingerprint density at radius 2 is 2.00 bits per heavy atom. The van der Waals surface area contributed by atoms with Crippen molar-refractivity contribution in [2.75, 3.05) is 13.1 Å².